The molecule has 28 heavy (non-hydrogen) atoms. The molecule has 1 heterocycles. The van der Waals surface area contributed by atoms with Gasteiger partial charge in [-0.05, 0) is 55.5 Å². The third-order valence-corrected chi connectivity index (χ3v) is 4.74. The summed E-state index contributed by atoms with van der Waals surface area (Å²) in [4.78, 5) is 27.7. The fraction of sp³-hybridized carbons (Fsp3) is 0.167. The number of H-pyrrole nitrogens is 1. The van der Waals surface area contributed by atoms with Gasteiger partial charge in [0.1, 0.15) is 0 Å². The van der Waals surface area contributed by atoms with Crippen molar-refractivity contribution < 1.29 is 18.0 Å². The van der Waals surface area contributed by atoms with E-state index < -0.39 is 22.7 Å². The van der Waals surface area contributed by atoms with E-state index in [0.717, 1.165) is 12.1 Å². The van der Waals surface area contributed by atoms with Crippen LogP contribution >= 0.6 is 23.8 Å². The zero-order valence-corrected chi connectivity index (χ0v) is 15.9. The van der Waals surface area contributed by atoms with E-state index in [2.05, 4.69) is 10.3 Å². The van der Waals surface area contributed by atoms with Gasteiger partial charge in [0.05, 0.1) is 21.5 Å². The number of carbonyl (C=O) groups is 1. The molecule has 0 radical (unpaired) electrons. The van der Waals surface area contributed by atoms with Crippen LogP contribution in [-0.4, -0.2) is 15.5 Å². The zero-order valence-electron chi connectivity index (χ0n) is 14.4. The lowest BCUT2D eigenvalue weighted by atomic mass is 10.1. The van der Waals surface area contributed by atoms with Crippen LogP contribution in [0.1, 0.15) is 22.8 Å². The summed E-state index contributed by atoms with van der Waals surface area (Å²) in [6.07, 6.45) is -4.64. The van der Waals surface area contributed by atoms with Crippen LogP contribution < -0.4 is 10.9 Å². The van der Waals surface area contributed by atoms with Crippen molar-refractivity contribution in [1.82, 2.24) is 9.55 Å². The molecule has 0 atom stereocenters. The van der Waals surface area contributed by atoms with Crippen LogP contribution in [0, 0.1) is 4.77 Å². The minimum Gasteiger partial charge on any atom is -0.332 e. The normalized spacial score (nSPS) is 11.6. The Bertz CT molecular complexity index is 1200. The second kappa shape index (κ2) is 7.40. The Kier molecular flexibility index (Phi) is 5.31. The highest BCUT2D eigenvalue weighted by atomic mass is 35.5. The topological polar surface area (TPSA) is 66.9 Å². The highest BCUT2D eigenvalue weighted by Gasteiger charge is 2.33. The first kappa shape index (κ1) is 20.1. The first-order valence-electron chi connectivity index (χ1n) is 8.06. The van der Waals surface area contributed by atoms with Crippen molar-refractivity contribution in [2.24, 2.45) is 0 Å². The number of halogens is 4. The Balaban J connectivity index is 1.97. The predicted molar refractivity (Wildman–Crippen MR) is 103 cm³/mol. The van der Waals surface area contributed by atoms with Gasteiger partial charge in [-0.25, -0.2) is 0 Å². The summed E-state index contributed by atoms with van der Waals surface area (Å²) < 4.78 is 40.5. The number of hydrogen-bond acceptors (Lipinski definition) is 3. The van der Waals surface area contributed by atoms with Crippen LogP contribution in [-0.2, 0) is 12.7 Å². The number of anilines is 1. The van der Waals surface area contributed by atoms with Gasteiger partial charge in [-0.15, -0.1) is 0 Å². The minimum atomic E-state index is -4.64. The Hall–Kier alpha value is -2.65. The number of aromatic nitrogens is 2. The number of rotatable bonds is 3. The fourth-order valence-electron chi connectivity index (χ4n) is 2.71. The Labute approximate surface area is 166 Å². The van der Waals surface area contributed by atoms with E-state index in [1.165, 1.54) is 28.8 Å². The van der Waals surface area contributed by atoms with Crippen molar-refractivity contribution in [3.8, 4) is 0 Å². The summed E-state index contributed by atoms with van der Waals surface area (Å²) in [5.74, 6) is -0.642. The van der Waals surface area contributed by atoms with Crippen molar-refractivity contribution in [1.29, 1.82) is 0 Å². The van der Waals surface area contributed by atoms with Crippen LogP contribution in [0.5, 0.6) is 0 Å². The molecule has 2 N–H and O–H groups in total. The second-order valence-electron chi connectivity index (χ2n) is 5.89. The quantitative estimate of drug-likeness (QED) is 0.578. The summed E-state index contributed by atoms with van der Waals surface area (Å²) in [5.41, 5.74) is -0.888. The maximum Gasteiger partial charge on any atom is 0.417 e. The van der Waals surface area contributed by atoms with Gasteiger partial charge < -0.3 is 10.3 Å². The highest BCUT2D eigenvalue weighted by molar-refractivity contribution is 7.71. The van der Waals surface area contributed by atoms with E-state index in [1.807, 2.05) is 0 Å². The van der Waals surface area contributed by atoms with E-state index >= 15 is 0 Å². The Morgan fingerprint density at radius 2 is 1.96 bits per heavy atom. The number of amides is 1. The van der Waals surface area contributed by atoms with Gasteiger partial charge in [0, 0.05) is 17.8 Å². The number of hydrogen-bond donors (Lipinski definition) is 2. The van der Waals surface area contributed by atoms with Gasteiger partial charge in [0.15, 0.2) is 4.77 Å². The third kappa shape index (κ3) is 3.81. The molecule has 0 fully saturated rings. The number of aromatic amines is 1. The number of alkyl halides is 3. The van der Waals surface area contributed by atoms with Crippen LogP contribution in [0.15, 0.2) is 41.2 Å². The molecule has 0 spiro atoms. The van der Waals surface area contributed by atoms with Crippen molar-refractivity contribution in [2.45, 2.75) is 19.6 Å². The van der Waals surface area contributed by atoms with Gasteiger partial charge in [0.25, 0.3) is 11.5 Å². The van der Waals surface area contributed by atoms with Gasteiger partial charge in [-0.2, -0.15) is 13.2 Å². The molecule has 0 saturated heterocycles. The van der Waals surface area contributed by atoms with Crippen molar-refractivity contribution in [3.05, 3.63) is 67.7 Å². The minimum absolute atomic E-state index is 0.0591. The van der Waals surface area contributed by atoms with Gasteiger partial charge >= 0.3 is 6.18 Å². The van der Waals surface area contributed by atoms with E-state index in [1.54, 1.807) is 6.92 Å². The molecule has 10 heteroatoms. The molecule has 1 amide bonds. The van der Waals surface area contributed by atoms with E-state index in [0.29, 0.717) is 17.4 Å². The smallest absolute Gasteiger partial charge is 0.332 e. The largest absolute Gasteiger partial charge is 0.417 e. The molecule has 5 nitrogen and oxygen atoms in total. The molecule has 3 aromatic rings. The Morgan fingerprint density at radius 1 is 1.25 bits per heavy atom. The Morgan fingerprint density at radius 3 is 2.61 bits per heavy atom. The number of nitrogens with one attached hydrogen (secondary N) is 2. The molecular formula is C18H13ClF3N3O2S. The number of fused-ring (bicyclic) bond motifs is 1. The molecule has 2 aromatic carbocycles. The molecule has 0 bridgehead atoms. The monoisotopic (exact) mass is 427 g/mol. The highest BCUT2D eigenvalue weighted by Crippen LogP contribution is 2.36. The molecule has 3 rings (SSSR count). The molecule has 1 aromatic heterocycles. The zero-order chi connectivity index (χ0) is 20.6. The lowest BCUT2D eigenvalue weighted by Crippen LogP contribution is -2.21. The lowest BCUT2D eigenvalue weighted by Gasteiger charge is -2.12. The van der Waals surface area contributed by atoms with Gasteiger partial charge in [-0.3, -0.25) is 14.2 Å². The predicted octanol–water partition coefficient (Wildman–Crippen LogP) is 5.00. The van der Waals surface area contributed by atoms with E-state index in [9.17, 15) is 22.8 Å². The molecule has 0 unspecified atom stereocenters. The van der Waals surface area contributed by atoms with Crippen molar-refractivity contribution in [2.75, 3.05) is 5.32 Å². The summed E-state index contributed by atoms with van der Waals surface area (Å²) >= 11 is 10.7. The number of nitrogens with zero attached hydrogens (tertiary/aromatic N) is 1. The number of benzene rings is 2. The first-order chi connectivity index (χ1) is 13.1. The summed E-state index contributed by atoms with van der Waals surface area (Å²) in [5, 5.41) is 2.28. The van der Waals surface area contributed by atoms with Crippen LogP contribution in [0.4, 0.5) is 18.9 Å². The van der Waals surface area contributed by atoms with Crippen molar-refractivity contribution in [3.63, 3.8) is 0 Å². The van der Waals surface area contributed by atoms with Gasteiger partial charge in [0.2, 0.25) is 0 Å². The van der Waals surface area contributed by atoms with Crippen LogP contribution in [0.2, 0.25) is 5.02 Å². The van der Waals surface area contributed by atoms with Crippen LogP contribution in [0.3, 0.4) is 0 Å². The van der Waals surface area contributed by atoms with E-state index in [-0.39, 0.29) is 21.6 Å². The average Bonchev–Trinajstić information content (AvgIpc) is 2.62. The average molecular weight is 428 g/mol. The summed E-state index contributed by atoms with van der Waals surface area (Å²) in [7, 11) is 0. The molecule has 0 aliphatic rings. The molecule has 146 valence electrons. The third-order valence-electron chi connectivity index (χ3n) is 4.09. The SMILES string of the molecule is CCn1c(=S)[nH]c2cc(C(=O)Nc3ccc(Cl)c(C(F)(F)F)c3)ccc2c1=O. The first-order valence-corrected chi connectivity index (χ1v) is 8.85. The molecule has 0 saturated carbocycles. The molecule has 0 aliphatic heterocycles. The maximum atomic E-state index is 13.0. The van der Waals surface area contributed by atoms with Crippen molar-refractivity contribution >= 4 is 46.3 Å². The maximum absolute atomic E-state index is 13.0. The lowest BCUT2D eigenvalue weighted by molar-refractivity contribution is -0.137. The summed E-state index contributed by atoms with van der Waals surface area (Å²) in [6, 6.07) is 7.38. The van der Waals surface area contributed by atoms with E-state index in [4.69, 9.17) is 23.8 Å². The van der Waals surface area contributed by atoms with Gasteiger partial charge in [-0.1, -0.05) is 11.6 Å². The number of carbonyl (C=O) groups excluding carboxylic acids is 1. The molecule has 0 aliphatic carbocycles. The second-order valence-corrected chi connectivity index (χ2v) is 6.68. The van der Waals surface area contributed by atoms with Crippen LogP contribution in [0.25, 0.3) is 10.9 Å². The molecular weight excluding hydrogens is 415 g/mol. The fourth-order valence-corrected chi connectivity index (χ4v) is 3.25. The standard InChI is InChI=1S/C18H13ClF3N3O2S/c1-2-25-16(27)11-5-3-9(7-14(11)24-17(25)28)15(26)23-10-4-6-13(19)12(8-10)18(20,21)22/h3-8H,2H2,1H3,(H,23,26)(H,24,28). The summed E-state index contributed by atoms with van der Waals surface area (Å²) in [6.45, 7) is 2.17.